The standard InChI is InChI=1S/C12H7F3O/c13-7-4-5-11(16)8(6-7)12-9(14)2-1-3-10(12)15/h1-6,16H. The molecule has 0 amide bonds. The minimum atomic E-state index is -0.846. The second kappa shape index (κ2) is 3.89. The summed E-state index contributed by atoms with van der Waals surface area (Å²) in [6.45, 7) is 0. The van der Waals surface area contributed by atoms with Crippen LogP contribution in [0.15, 0.2) is 36.4 Å². The van der Waals surface area contributed by atoms with Crippen LogP contribution in [-0.4, -0.2) is 5.11 Å². The quantitative estimate of drug-likeness (QED) is 0.786. The topological polar surface area (TPSA) is 20.2 Å². The van der Waals surface area contributed by atoms with Gasteiger partial charge in [0.25, 0.3) is 0 Å². The van der Waals surface area contributed by atoms with Crippen LogP contribution < -0.4 is 0 Å². The van der Waals surface area contributed by atoms with Crippen LogP contribution in [0.1, 0.15) is 0 Å². The highest BCUT2D eigenvalue weighted by molar-refractivity contribution is 5.71. The lowest BCUT2D eigenvalue weighted by Gasteiger charge is -2.07. The molecule has 0 aliphatic carbocycles. The van der Waals surface area contributed by atoms with Crippen molar-refractivity contribution in [2.75, 3.05) is 0 Å². The van der Waals surface area contributed by atoms with Crippen molar-refractivity contribution in [3.05, 3.63) is 53.8 Å². The Balaban J connectivity index is 2.72. The predicted molar refractivity (Wildman–Crippen MR) is 53.4 cm³/mol. The molecular weight excluding hydrogens is 217 g/mol. The number of rotatable bonds is 1. The summed E-state index contributed by atoms with van der Waals surface area (Å²) in [4.78, 5) is 0. The third-order valence-electron chi connectivity index (χ3n) is 2.19. The molecule has 0 fully saturated rings. The highest BCUT2D eigenvalue weighted by atomic mass is 19.1. The molecule has 2 aromatic rings. The Kier molecular flexibility index (Phi) is 2.56. The molecule has 0 heterocycles. The molecule has 4 heteroatoms. The molecule has 16 heavy (non-hydrogen) atoms. The van der Waals surface area contributed by atoms with E-state index in [9.17, 15) is 18.3 Å². The average Bonchev–Trinajstić information content (AvgIpc) is 2.23. The fourth-order valence-corrected chi connectivity index (χ4v) is 1.46. The van der Waals surface area contributed by atoms with E-state index in [-0.39, 0.29) is 11.3 Å². The second-order valence-corrected chi connectivity index (χ2v) is 3.26. The van der Waals surface area contributed by atoms with Gasteiger partial charge in [-0.1, -0.05) is 6.07 Å². The van der Waals surface area contributed by atoms with Crippen molar-refractivity contribution in [1.82, 2.24) is 0 Å². The van der Waals surface area contributed by atoms with Gasteiger partial charge in [0.2, 0.25) is 0 Å². The molecule has 0 spiro atoms. The van der Waals surface area contributed by atoms with E-state index in [1.807, 2.05) is 0 Å². The number of aromatic hydroxyl groups is 1. The fourth-order valence-electron chi connectivity index (χ4n) is 1.46. The van der Waals surface area contributed by atoms with Gasteiger partial charge < -0.3 is 5.11 Å². The summed E-state index contributed by atoms with van der Waals surface area (Å²) in [5.74, 6) is -2.73. The largest absolute Gasteiger partial charge is 0.507 e. The summed E-state index contributed by atoms with van der Waals surface area (Å²) in [5, 5.41) is 9.44. The maximum atomic E-state index is 13.4. The lowest BCUT2D eigenvalue weighted by atomic mass is 10.0. The Morgan fingerprint density at radius 1 is 0.875 bits per heavy atom. The SMILES string of the molecule is Oc1ccc(F)cc1-c1c(F)cccc1F. The fraction of sp³-hybridized carbons (Fsp3) is 0. The first-order chi connectivity index (χ1) is 7.59. The molecule has 0 radical (unpaired) electrons. The van der Waals surface area contributed by atoms with E-state index in [2.05, 4.69) is 0 Å². The van der Waals surface area contributed by atoms with Gasteiger partial charge in [-0.2, -0.15) is 0 Å². The molecule has 0 atom stereocenters. The first-order valence-corrected chi connectivity index (χ1v) is 4.52. The number of phenolic OH excluding ortho intramolecular Hbond substituents is 1. The Labute approximate surface area is 89.8 Å². The minimum Gasteiger partial charge on any atom is -0.507 e. The zero-order valence-electron chi connectivity index (χ0n) is 8.05. The zero-order valence-corrected chi connectivity index (χ0v) is 8.05. The maximum Gasteiger partial charge on any atom is 0.134 e. The van der Waals surface area contributed by atoms with E-state index in [4.69, 9.17) is 0 Å². The highest BCUT2D eigenvalue weighted by Gasteiger charge is 2.14. The van der Waals surface area contributed by atoms with Gasteiger partial charge in [-0.05, 0) is 30.3 Å². The monoisotopic (exact) mass is 224 g/mol. The summed E-state index contributed by atoms with van der Waals surface area (Å²) in [7, 11) is 0. The van der Waals surface area contributed by atoms with Crippen LogP contribution in [0.5, 0.6) is 5.75 Å². The summed E-state index contributed by atoms with van der Waals surface area (Å²) in [6, 6.07) is 6.24. The number of hydrogen-bond donors (Lipinski definition) is 1. The van der Waals surface area contributed by atoms with Crippen LogP contribution in [0.2, 0.25) is 0 Å². The van der Waals surface area contributed by atoms with Crippen LogP contribution in [-0.2, 0) is 0 Å². The van der Waals surface area contributed by atoms with Crippen molar-refractivity contribution in [2.24, 2.45) is 0 Å². The number of phenols is 1. The van der Waals surface area contributed by atoms with Gasteiger partial charge in [-0.25, -0.2) is 13.2 Å². The smallest absolute Gasteiger partial charge is 0.134 e. The number of halogens is 3. The van der Waals surface area contributed by atoms with Crippen molar-refractivity contribution in [3.8, 4) is 16.9 Å². The van der Waals surface area contributed by atoms with Gasteiger partial charge in [0.15, 0.2) is 0 Å². The van der Waals surface area contributed by atoms with Crippen molar-refractivity contribution in [3.63, 3.8) is 0 Å². The van der Waals surface area contributed by atoms with Crippen molar-refractivity contribution in [2.45, 2.75) is 0 Å². The Hall–Kier alpha value is -1.97. The van der Waals surface area contributed by atoms with Crippen molar-refractivity contribution >= 4 is 0 Å². The van der Waals surface area contributed by atoms with E-state index < -0.39 is 23.0 Å². The average molecular weight is 224 g/mol. The molecule has 0 aliphatic heterocycles. The van der Waals surface area contributed by atoms with Crippen LogP contribution in [0.3, 0.4) is 0 Å². The van der Waals surface area contributed by atoms with Gasteiger partial charge >= 0.3 is 0 Å². The number of hydrogen-bond acceptors (Lipinski definition) is 1. The number of benzene rings is 2. The summed E-state index contributed by atoms with van der Waals surface area (Å²) < 4.78 is 39.7. The molecule has 0 aromatic heterocycles. The maximum absolute atomic E-state index is 13.4. The van der Waals surface area contributed by atoms with Crippen molar-refractivity contribution in [1.29, 1.82) is 0 Å². The lowest BCUT2D eigenvalue weighted by Crippen LogP contribution is -1.90. The van der Waals surface area contributed by atoms with E-state index in [0.717, 1.165) is 30.3 Å². The van der Waals surface area contributed by atoms with E-state index in [1.165, 1.54) is 6.07 Å². The molecule has 0 unspecified atom stereocenters. The van der Waals surface area contributed by atoms with Crippen molar-refractivity contribution < 1.29 is 18.3 Å². The van der Waals surface area contributed by atoms with Gasteiger partial charge in [0.1, 0.15) is 23.2 Å². The third kappa shape index (κ3) is 1.74. The lowest BCUT2D eigenvalue weighted by molar-refractivity contribution is 0.473. The second-order valence-electron chi connectivity index (χ2n) is 3.26. The van der Waals surface area contributed by atoms with E-state index in [0.29, 0.717) is 0 Å². The molecule has 0 bridgehead atoms. The van der Waals surface area contributed by atoms with E-state index in [1.54, 1.807) is 0 Å². The molecule has 2 rings (SSSR count). The van der Waals surface area contributed by atoms with Crippen LogP contribution in [0, 0.1) is 17.5 Å². The molecule has 1 N–H and O–H groups in total. The first-order valence-electron chi connectivity index (χ1n) is 4.52. The normalized spacial score (nSPS) is 10.4. The molecular formula is C12H7F3O. The molecule has 0 saturated heterocycles. The Morgan fingerprint density at radius 2 is 1.50 bits per heavy atom. The van der Waals surface area contributed by atoms with Gasteiger partial charge in [0.05, 0.1) is 5.56 Å². The predicted octanol–water partition coefficient (Wildman–Crippen LogP) is 3.48. The summed E-state index contributed by atoms with van der Waals surface area (Å²) in [6.07, 6.45) is 0. The summed E-state index contributed by atoms with van der Waals surface area (Å²) in [5.41, 5.74) is -0.630. The zero-order chi connectivity index (χ0) is 11.7. The third-order valence-corrected chi connectivity index (χ3v) is 2.19. The molecule has 2 aromatic carbocycles. The Bertz CT molecular complexity index is 518. The van der Waals surface area contributed by atoms with Gasteiger partial charge in [-0.3, -0.25) is 0 Å². The van der Waals surface area contributed by atoms with Crippen LogP contribution >= 0.6 is 0 Å². The van der Waals surface area contributed by atoms with E-state index >= 15 is 0 Å². The van der Waals surface area contributed by atoms with Crippen LogP contribution in [0.25, 0.3) is 11.1 Å². The molecule has 0 aliphatic rings. The highest BCUT2D eigenvalue weighted by Crippen LogP contribution is 2.33. The van der Waals surface area contributed by atoms with Crippen LogP contribution in [0.4, 0.5) is 13.2 Å². The first kappa shape index (κ1) is 10.5. The minimum absolute atomic E-state index is 0.199. The van der Waals surface area contributed by atoms with Gasteiger partial charge in [0, 0.05) is 5.56 Å². The Morgan fingerprint density at radius 3 is 2.12 bits per heavy atom. The molecule has 82 valence electrons. The van der Waals surface area contributed by atoms with Gasteiger partial charge in [-0.15, -0.1) is 0 Å². The summed E-state index contributed by atoms with van der Waals surface area (Å²) >= 11 is 0. The molecule has 1 nitrogen and oxygen atoms in total. The molecule has 0 saturated carbocycles.